The lowest BCUT2D eigenvalue weighted by Gasteiger charge is -2.11. The number of carboxylic acid groups (broad SMARTS) is 1. The number of nitrogens with one attached hydrogen (secondary N) is 1. The number of aromatic nitrogens is 1. The maximum absolute atomic E-state index is 11.6. The number of rotatable bonds is 4. The van der Waals surface area contributed by atoms with Crippen LogP contribution in [0.3, 0.4) is 0 Å². The molecule has 6 heteroatoms. The second kappa shape index (κ2) is 5.46. The van der Waals surface area contributed by atoms with Crippen molar-refractivity contribution in [3.8, 4) is 0 Å². The molecule has 0 fully saturated rings. The summed E-state index contributed by atoms with van der Waals surface area (Å²) in [6.45, 7) is 1.67. The molecule has 0 unspecified atom stereocenters. The van der Waals surface area contributed by atoms with Gasteiger partial charge in [-0.3, -0.25) is 4.79 Å². The first-order valence-electron chi connectivity index (χ1n) is 4.70. The normalized spacial score (nSPS) is 11.9. The third kappa shape index (κ3) is 3.20. The number of halogens is 1. The third-order valence-electron chi connectivity index (χ3n) is 1.96. The standard InChI is InChI=1S/C10H11ClN2O3/c1-2-6(10(15)16)13-9(14)7-4-3-5-8(11)12-7/h3-6H,2H2,1H3,(H,13,14)(H,15,16)/t6-/m0/s1. The minimum Gasteiger partial charge on any atom is -0.480 e. The van der Waals surface area contributed by atoms with E-state index in [1.165, 1.54) is 12.1 Å². The minimum absolute atomic E-state index is 0.104. The quantitative estimate of drug-likeness (QED) is 0.781. The molecule has 86 valence electrons. The molecule has 1 atom stereocenters. The van der Waals surface area contributed by atoms with E-state index in [2.05, 4.69) is 10.3 Å². The summed E-state index contributed by atoms with van der Waals surface area (Å²) in [5, 5.41) is 11.3. The van der Waals surface area contributed by atoms with Crippen molar-refractivity contribution in [2.24, 2.45) is 0 Å². The van der Waals surface area contributed by atoms with E-state index in [9.17, 15) is 9.59 Å². The Kier molecular flexibility index (Phi) is 4.25. The van der Waals surface area contributed by atoms with E-state index in [0.717, 1.165) is 0 Å². The van der Waals surface area contributed by atoms with E-state index in [4.69, 9.17) is 16.7 Å². The van der Waals surface area contributed by atoms with Crippen LogP contribution in [0, 0.1) is 0 Å². The Labute approximate surface area is 97.4 Å². The summed E-state index contributed by atoms with van der Waals surface area (Å²) in [7, 11) is 0. The van der Waals surface area contributed by atoms with Gasteiger partial charge in [0.1, 0.15) is 16.9 Å². The molecule has 1 amide bonds. The van der Waals surface area contributed by atoms with Crippen LogP contribution in [-0.4, -0.2) is 28.0 Å². The van der Waals surface area contributed by atoms with Crippen molar-refractivity contribution < 1.29 is 14.7 Å². The van der Waals surface area contributed by atoms with E-state index in [-0.39, 0.29) is 10.8 Å². The molecule has 0 saturated heterocycles. The lowest BCUT2D eigenvalue weighted by atomic mass is 10.2. The molecule has 0 aliphatic heterocycles. The molecule has 1 rings (SSSR count). The largest absolute Gasteiger partial charge is 0.480 e. The molecule has 5 nitrogen and oxygen atoms in total. The number of carboxylic acids is 1. The summed E-state index contributed by atoms with van der Waals surface area (Å²) < 4.78 is 0. The number of carbonyl (C=O) groups is 2. The maximum Gasteiger partial charge on any atom is 0.326 e. The topological polar surface area (TPSA) is 79.3 Å². The van der Waals surface area contributed by atoms with Crippen molar-refractivity contribution >= 4 is 23.5 Å². The summed E-state index contributed by atoms with van der Waals surface area (Å²) in [6.07, 6.45) is 0.307. The fourth-order valence-corrected chi connectivity index (χ4v) is 1.27. The van der Waals surface area contributed by atoms with Crippen LogP contribution in [0.25, 0.3) is 0 Å². The Hall–Kier alpha value is -1.62. The van der Waals surface area contributed by atoms with Gasteiger partial charge in [-0.2, -0.15) is 0 Å². The molecular weight excluding hydrogens is 232 g/mol. The number of nitrogens with zero attached hydrogens (tertiary/aromatic N) is 1. The van der Waals surface area contributed by atoms with Crippen LogP contribution in [0.5, 0.6) is 0 Å². The van der Waals surface area contributed by atoms with E-state index in [1.54, 1.807) is 13.0 Å². The molecule has 1 heterocycles. The average molecular weight is 243 g/mol. The summed E-state index contributed by atoms with van der Waals surface area (Å²) in [4.78, 5) is 26.1. The van der Waals surface area contributed by atoms with Crippen LogP contribution in [0.4, 0.5) is 0 Å². The second-order valence-electron chi connectivity index (χ2n) is 3.12. The number of carbonyl (C=O) groups excluding carboxylic acids is 1. The van der Waals surface area contributed by atoms with Crippen molar-refractivity contribution in [3.63, 3.8) is 0 Å². The van der Waals surface area contributed by atoms with E-state index >= 15 is 0 Å². The van der Waals surface area contributed by atoms with Gasteiger partial charge in [0, 0.05) is 0 Å². The summed E-state index contributed by atoms with van der Waals surface area (Å²) in [6, 6.07) is 3.67. The van der Waals surface area contributed by atoms with E-state index in [1.807, 2.05) is 0 Å². The minimum atomic E-state index is -1.07. The number of hydrogen-bond acceptors (Lipinski definition) is 3. The fraction of sp³-hybridized carbons (Fsp3) is 0.300. The van der Waals surface area contributed by atoms with Crippen LogP contribution in [0.15, 0.2) is 18.2 Å². The number of pyridine rings is 1. The molecule has 0 bridgehead atoms. The van der Waals surface area contributed by atoms with Crippen LogP contribution in [0.1, 0.15) is 23.8 Å². The highest BCUT2D eigenvalue weighted by Gasteiger charge is 2.19. The monoisotopic (exact) mass is 242 g/mol. The van der Waals surface area contributed by atoms with Gasteiger partial charge in [0.15, 0.2) is 0 Å². The van der Waals surface area contributed by atoms with Crippen LogP contribution >= 0.6 is 11.6 Å². The van der Waals surface area contributed by atoms with Crippen LogP contribution < -0.4 is 5.32 Å². The van der Waals surface area contributed by atoms with Gasteiger partial charge in [0.25, 0.3) is 5.91 Å². The van der Waals surface area contributed by atoms with Gasteiger partial charge in [-0.15, -0.1) is 0 Å². The lowest BCUT2D eigenvalue weighted by molar-refractivity contribution is -0.139. The van der Waals surface area contributed by atoms with Gasteiger partial charge in [-0.1, -0.05) is 24.6 Å². The Bertz CT molecular complexity index is 409. The highest BCUT2D eigenvalue weighted by atomic mass is 35.5. The Morgan fingerprint density at radius 3 is 2.75 bits per heavy atom. The molecule has 0 aliphatic carbocycles. The van der Waals surface area contributed by atoms with Crippen molar-refractivity contribution in [3.05, 3.63) is 29.0 Å². The van der Waals surface area contributed by atoms with Gasteiger partial charge >= 0.3 is 5.97 Å². The molecule has 0 spiro atoms. The van der Waals surface area contributed by atoms with Crippen LogP contribution in [0.2, 0.25) is 5.15 Å². The molecule has 0 aliphatic rings. The first-order valence-corrected chi connectivity index (χ1v) is 5.08. The SMILES string of the molecule is CC[C@H](NC(=O)c1cccc(Cl)n1)C(=O)O. The predicted molar refractivity (Wildman–Crippen MR) is 58.4 cm³/mol. The Morgan fingerprint density at radius 1 is 1.56 bits per heavy atom. The zero-order chi connectivity index (χ0) is 12.1. The summed E-state index contributed by atoms with van der Waals surface area (Å²) in [5.41, 5.74) is 0.104. The van der Waals surface area contributed by atoms with Gasteiger partial charge in [-0.25, -0.2) is 9.78 Å². The Morgan fingerprint density at radius 2 is 2.25 bits per heavy atom. The average Bonchev–Trinajstić information content (AvgIpc) is 2.25. The first-order chi connectivity index (χ1) is 7.54. The van der Waals surface area contributed by atoms with Crippen molar-refractivity contribution in [2.75, 3.05) is 0 Å². The number of hydrogen-bond donors (Lipinski definition) is 2. The first kappa shape index (κ1) is 12.4. The molecular formula is C10H11ClN2O3. The highest BCUT2D eigenvalue weighted by Crippen LogP contribution is 2.05. The van der Waals surface area contributed by atoms with Crippen molar-refractivity contribution in [1.82, 2.24) is 10.3 Å². The zero-order valence-corrected chi connectivity index (χ0v) is 9.36. The van der Waals surface area contributed by atoms with Crippen LogP contribution in [-0.2, 0) is 4.79 Å². The third-order valence-corrected chi connectivity index (χ3v) is 2.17. The van der Waals surface area contributed by atoms with Crippen molar-refractivity contribution in [2.45, 2.75) is 19.4 Å². The molecule has 1 aromatic heterocycles. The summed E-state index contributed by atoms with van der Waals surface area (Å²) >= 11 is 5.61. The molecule has 1 aromatic rings. The Balaban J connectivity index is 2.75. The predicted octanol–water partition coefficient (Wildman–Crippen LogP) is 1.33. The van der Waals surface area contributed by atoms with Gasteiger partial charge in [-0.05, 0) is 18.6 Å². The molecule has 0 saturated carbocycles. The lowest BCUT2D eigenvalue weighted by Crippen LogP contribution is -2.40. The zero-order valence-electron chi connectivity index (χ0n) is 8.61. The van der Waals surface area contributed by atoms with Gasteiger partial charge < -0.3 is 10.4 Å². The van der Waals surface area contributed by atoms with E-state index < -0.39 is 17.9 Å². The van der Waals surface area contributed by atoms with Gasteiger partial charge in [0.2, 0.25) is 0 Å². The molecule has 16 heavy (non-hydrogen) atoms. The molecule has 2 N–H and O–H groups in total. The molecule has 0 aromatic carbocycles. The van der Waals surface area contributed by atoms with Crippen molar-refractivity contribution in [1.29, 1.82) is 0 Å². The van der Waals surface area contributed by atoms with Gasteiger partial charge in [0.05, 0.1) is 0 Å². The van der Waals surface area contributed by atoms with E-state index in [0.29, 0.717) is 6.42 Å². The highest BCUT2D eigenvalue weighted by molar-refractivity contribution is 6.29. The smallest absolute Gasteiger partial charge is 0.326 e. The molecule has 0 radical (unpaired) electrons. The number of aliphatic carboxylic acids is 1. The number of amides is 1. The maximum atomic E-state index is 11.6. The fourth-order valence-electron chi connectivity index (χ4n) is 1.11. The second-order valence-corrected chi connectivity index (χ2v) is 3.51. The summed E-state index contributed by atoms with van der Waals surface area (Å²) in [5.74, 6) is -1.62.